The molecule has 0 radical (unpaired) electrons. The summed E-state index contributed by atoms with van der Waals surface area (Å²) in [5.41, 5.74) is 2.88. The Morgan fingerprint density at radius 2 is 1.66 bits per heavy atom. The van der Waals surface area contributed by atoms with Crippen molar-refractivity contribution in [1.29, 1.82) is 0 Å². The number of carbonyl (C=O) groups excluding carboxylic acids is 5. The number of hydrogen-bond donors (Lipinski definition) is 2. The molecule has 6 heterocycles. The Morgan fingerprint density at radius 1 is 0.933 bits per heavy atom. The van der Waals surface area contributed by atoms with E-state index in [1.165, 1.54) is 68.2 Å². The molecular weight excluding hydrogens is 1140 g/mol. The summed E-state index contributed by atoms with van der Waals surface area (Å²) in [6.45, 7) is 17.4. The van der Waals surface area contributed by atoms with E-state index < -0.39 is 23.3 Å². The molecule has 89 heavy (non-hydrogen) atoms. The van der Waals surface area contributed by atoms with Gasteiger partial charge in [0.25, 0.3) is 0 Å². The number of fused-ring (bicyclic) bond motifs is 4. The van der Waals surface area contributed by atoms with Gasteiger partial charge in [0, 0.05) is 117 Å². The van der Waals surface area contributed by atoms with Crippen LogP contribution in [0.2, 0.25) is 0 Å². The number of methoxy groups -OCH3 is 1. The largest absolute Gasteiger partial charge is 0.467 e. The third-order valence-corrected chi connectivity index (χ3v) is 17.5. The van der Waals surface area contributed by atoms with Crippen LogP contribution in [0.3, 0.4) is 0 Å². The predicted molar refractivity (Wildman–Crippen MR) is 347 cm³/mol. The summed E-state index contributed by atoms with van der Waals surface area (Å²) in [7, 11) is 10.5. The number of carbonyl (C=O) groups is 5. The van der Waals surface area contributed by atoms with Crippen molar-refractivity contribution in [2.24, 2.45) is 4.99 Å². The minimum atomic E-state index is -0.753. The maximum atomic E-state index is 16.2. The molecule has 0 aliphatic carbocycles. The van der Waals surface area contributed by atoms with E-state index >= 15 is 4.39 Å². The molecule has 5 aliphatic heterocycles. The fourth-order valence-electron chi connectivity index (χ4n) is 13.3. The minimum absolute atomic E-state index is 0.0213. The maximum absolute atomic E-state index is 16.2. The highest BCUT2D eigenvalue weighted by molar-refractivity contribution is 6.00. The topological polar surface area (TPSA) is 198 Å². The molecule has 5 aliphatic rings. The van der Waals surface area contributed by atoms with Crippen LogP contribution < -0.4 is 30.1 Å². The van der Waals surface area contributed by atoms with Gasteiger partial charge in [-0.15, -0.1) is 6.42 Å². The van der Waals surface area contributed by atoms with Gasteiger partial charge in [0.05, 0.1) is 48.3 Å². The van der Waals surface area contributed by atoms with Crippen molar-refractivity contribution in [3.05, 3.63) is 82.3 Å². The number of nitrogens with one attached hydrogen (secondary N) is 2. The van der Waals surface area contributed by atoms with Crippen molar-refractivity contribution < 1.29 is 47.0 Å². The highest BCUT2D eigenvalue weighted by atomic mass is 19.1. The number of anilines is 3. The van der Waals surface area contributed by atoms with E-state index in [-0.39, 0.29) is 54.2 Å². The molecule has 2 N–H and O–H groups in total. The summed E-state index contributed by atoms with van der Waals surface area (Å²) >= 11 is 0. The zero-order chi connectivity index (χ0) is 64.4. The van der Waals surface area contributed by atoms with Gasteiger partial charge in [-0.25, -0.2) is 13.6 Å². The second-order valence-corrected chi connectivity index (χ2v) is 24.5. The first-order valence-corrected chi connectivity index (χ1v) is 31.1. The smallest absolute Gasteiger partial charge is 0.410 e. The van der Waals surface area contributed by atoms with Gasteiger partial charge < -0.3 is 49.1 Å². The number of aliphatic imine (C=N–C) groups is 1. The summed E-state index contributed by atoms with van der Waals surface area (Å²) in [5, 5.41) is 7.09. The molecule has 0 saturated carbocycles. The van der Waals surface area contributed by atoms with Crippen molar-refractivity contribution in [1.82, 2.24) is 40.2 Å². The average molecular weight is 1230 g/mol. The van der Waals surface area contributed by atoms with Gasteiger partial charge in [-0.1, -0.05) is 36.3 Å². The third kappa shape index (κ3) is 17.3. The molecule has 5 saturated heterocycles. The number of terminal acetylenes is 1. The summed E-state index contributed by atoms with van der Waals surface area (Å²) in [6, 6.07) is 15.2. The molecule has 0 spiro atoms. The van der Waals surface area contributed by atoms with E-state index in [2.05, 4.69) is 52.3 Å². The number of piperazine rings is 2. The second kappa shape index (κ2) is 32.9. The van der Waals surface area contributed by atoms with Crippen molar-refractivity contribution in [2.75, 3.05) is 123 Å². The lowest BCUT2D eigenvalue weighted by Gasteiger charge is -2.42. The van der Waals surface area contributed by atoms with E-state index in [1.54, 1.807) is 38.4 Å². The molecular formula is C67H92F2N12O8. The van der Waals surface area contributed by atoms with Gasteiger partial charge in [0.15, 0.2) is 0 Å². The number of aldehydes is 1. The zero-order valence-electron chi connectivity index (χ0n) is 53.5. The molecule has 3 amide bonds. The third-order valence-electron chi connectivity index (χ3n) is 17.5. The number of amides is 3. The zero-order valence-corrected chi connectivity index (χ0v) is 53.5. The highest BCUT2D eigenvalue weighted by Gasteiger charge is 2.45. The maximum Gasteiger partial charge on any atom is 0.410 e. The number of halogens is 2. The van der Waals surface area contributed by atoms with Crippen LogP contribution in [0.1, 0.15) is 113 Å². The molecule has 482 valence electrons. The molecule has 6 atom stereocenters. The Kier molecular flexibility index (Phi) is 25.5. The second-order valence-electron chi connectivity index (χ2n) is 24.5. The molecule has 5 fully saturated rings. The number of hydrogen-bond acceptors (Lipinski definition) is 17. The molecule has 20 nitrogen and oxygen atoms in total. The first-order valence-electron chi connectivity index (χ1n) is 31.1. The lowest BCUT2D eigenvalue weighted by atomic mass is 9.98. The molecule has 6 unspecified atom stereocenters. The number of aromatic nitrogens is 2. The number of rotatable bonds is 24. The quantitative estimate of drug-likeness (QED) is 0.0301. The summed E-state index contributed by atoms with van der Waals surface area (Å²) < 4.78 is 48.1. The van der Waals surface area contributed by atoms with Crippen molar-refractivity contribution in [3.8, 4) is 18.4 Å². The molecule has 2 bridgehead atoms. The van der Waals surface area contributed by atoms with Crippen molar-refractivity contribution >= 4 is 77.6 Å². The van der Waals surface area contributed by atoms with Gasteiger partial charge in [-0.3, -0.25) is 34.2 Å². The minimum Gasteiger partial charge on any atom is -0.467 e. The Balaban J connectivity index is 0.000000247. The number of nitrogens with zero attached hydrogens (tertiary/aromatic N) is 10. The summed E-state index contributed by atoms with van der Waals surface area (Å²) in [6.07, 6.45) is 19.2. The number of benzene rings is 3. The van der Waals surface area contributed by atoms with E-state index in [0.29, 0.717) is 65.0 Å². The molecule has 22 heteroatoms. The normalized spacial score (nSPS) is 20.2. The first kappa shape index (κ1) is 69.1. The van der Waals surface area contributed by atoms with Gasteiger partial charge in [-0.2, -0.15) is 9.97 Å². The SMILES string of the molecule is C#Cc1c(F)ccc2cccc(/C=C(\F)c3nc(OC)nc(N4CC5CCC(C4)N5C(=O)OC(C)(C)C)c3C=NC)c12.C=O.CNCCC(CCOCC1CCC2CCCN21)N1CCN(Cc2ccc(N(C=O)C(CCC=O)C(=O)NC)c(N(C)C)c2)CC1. The van der Waals surface area contributed by atoms with Crippen LogP contribution in [0.25, 0.3) is 22.7 Å². The predicted octanol–water partition coefficient (Wildman–Crippen LogP) is 7.62. The molecule has 9 rings (SSSR count). The van der Waals surface area contributed by atoms with Crippen LogP contribution in [0.15, 0.2) is 53.5 Å². The van der Waals surface area contributed by atoms with E-state index in [1.807, 2.05) is 75.5 Å². The van der Waals surface area contributed by atoms with Gasteiger partial charge in [0.1, 0.15) is 47.9 Å². The van der Waals surface area contributed by atoms with Crippen LogP contribution in [0.5, 0.6) is 6.01 Å². The van der Waals surface area contributed by atoms with Crippen LogP contribution in [0, 0.1) is 18.2 Å². The van der Waals surface area contributed by atoms with Crippen LogP contribution >= 0.6 is 0 Å². The number of likely N-dealkylation sites (N-methyl/N-ethyl adjacent to an activating group) is 1. The van der Waals surface area contributed by atoms with E-state index in [0.717, 1.165) is 96.2 Å². The molecule has 4 aromatic rings. The van der Waals surface area contributed by atoms with Crippen molar-refractivity contribution in [3.63, 3.8) is 0 Å². The van der Waals surface area contributed by atoms with Crippen LogP contribution in [-0.2, 0) is 35.2 Å². The highest BCUT2D eigenvalue weighted by Crippen LogP contribution is 2.39. The monoisotopic (exact) mass is 1230 g/mol. The average Bonchev–Trinajstić information content (AvgIpc) is 1.83. The van der Waals surface area contributed by atoms with Crippen LogP contribution in [-0.4, -0.2) is 217 Å². The summed E-state index contributed by atoms with van der Waals surface area (Å²) in [5.74, 6) is 1.30. The van der Waals surface area contributed by atoms with Crippen molar-refractivity contribution in [2.45, 2.75) is 133 Å². The Labute approximate surface area is 524 Å². The van der Waals surface area contributed by atoms with Gasteiger partial charge in [0.2, 0.25) is 12.3 Å². The molecule has 3 aromatic carbocycles. The fourth-order valence-corrected chi connectivity index (χ4v) is 13.3. The Bertz CT molecular complexity index is 3130. The fraction of sp³-hybridized carbons (Fsp3) is 0.552. The number of ether oxygens (including phenoxy) is 3. The van der Waals surface area contributed by atoms with Gasteiger partial charge in [-0.05, 0) is 139 Å². The van der Waals surface area contributed by atoms with E-state index in [9.17, 15) is 23.6 Å². The van der Waals surface area contributed by atoms with Crippen LogP contribution in [0.4, 0.5) is 30.8 Å². The lowest BCUT2D eigenvalue weighted by molar-refractivity contribution is -0.123. The Hall–Kier alpha value is -7.42. The Morgan fingerprint density at radius 3 is 2.30 bits per heavy atom. The van der Waals surface area contributed by atoms with E-state index in [4.69, 9.17) is 25.4 Å². The molecule has 1 aromatic heterocycles. The van der Waals surface area contributed by atoms with Gasteiger partial charge >= 0.3 is 12.1 Å². The lowest BCUT2D eigenvalue weighted by Crippen LogP contribution is -2.57. The standard InChI is InChI=1S/C34H57N7O4.C32H33F2N5O3.CH2O/c1-35-15-13-28(14-22-45-25-30-11-10-29-7-5-16-40(29)30)39-19-17-38(18-20-39)24-27-9-12-31(33(23-27)37(3)4)41(26-43)32(8-6-21-42)34(44)36-2;1-7-23-25(33)14-11-19-9-8-10-20(27(19)23)15-26(34)28-24(16-35-5)29(37-30(36-28)41-6)38-17-21-12-13-22(18-38)39(21)31(40)42-32(2,3)4;1-2/h9,12,21,23,26,28-30,32,35H,5-8,10-11,13-20,22,24-25H2,1-4H3,(H,36,44);1,8-11,14-16,21-22H,12-13,17-18H2,2-6H3;1H2/b;26-15-,35-16?;. The first-order chi connectivity index (χ1) is 42.9. The summed E-state index contributed by atoms with van der Waals surface area (Å²) in [4.78, 5) is 85.1.